The number of benzene rings is 1. The van der Waals surface area contributed by atoms with Crippen LogP contribution in [-0.4, -0.2) is 47.5 Å². The van der Waals surface area contributed by atoms with E-state index < -0.39 is 0 Å². The average Bonchev–Trinajstić information content (AvgIpc) is 3.19. The molecule has 2 N–H and O–H groups in total. The van der Waals surface area contributed by atoms with Crippen LogP contribution in [0.4, 0.5) is 0 Å². The van der Waals surface area contributed by atoms with Crippen molar-refractivity contribution in [1.29, 1.82) is 0 Å². The number of guanidine groups is 1. The first kappa shape index (κ1) is 20.3. The lowest BCUT2D eigenvalue weighted by molar-refractivity contribution is -0.0265. The smallest absolute Gasteiger partial charge is 0.191 e. The molecule has 1 saturated heterocycles. The van der Waals surface area contributed by atoms with Crippen molar-refractivity contribution in [3.05, 3.63) is 47.5 Å². The molecule has 1 fully saturated rings. The van der Waals surface area contributed by atoms with Gasteiger partial charge in [-0.15, -0.1) is 10.2 Å². The summed E-state index contributed by atoms with van der Waals surface area (Å²) in [6.45, 7) is 7.46. The Morgan fingerprint density at radius 3 is 2.86 bits per heavy atom. The van der Waals surface area contributed by atoms with Crippen LogP contribution in [0, 0.1) is 12.8 Å². The van der Waals surface area contributed by atoms with E-state index in [1.807, 2.05) is 0 Å². The van der Waals surface area contributed by atoms with E-state index in [4.69, 9.17) is 4.74 Å². The zero-order valence-electron chi connectivity index (χ0n) is 17.2. The summed E-state index contributed by atoms with van der Waals surface area (Å²) in [6.07, 6.45) is 5.07. The number of hydrogen-bond acceptors (Lipinski definition) is 4. The molecule has 1 aromatic carbocycles. The lowest BCUT2D eigenvalue weighted by Gasteiger charge is -2.32. The minimum Gasteiger partial charge on any atom is -0.373 e. The lowest BCUT2D eigenvalue weighted by Crippen LogP contribution is -2.42. The fourth-order valence-corrected chi connectivity index (χ4v) is 3.66. The highest BCUT2D eigenvalue weighted by Gasteiger charge is 2.27. The van der Waals surface area contributed by atoms with Crippen LogP contribution in [-0.2, 0) is 17.7 Å². The first-order chi connectivity index (χ1) is 13.7. The topological polar surface area (TPSA) is 76.4 Å². The third kappa shape index (κ3) is 5.32. The first-order valence-corrected chi connectivity index (χ1v) is 10.2. The van der Waals surface area contributed by atoms with E-state index in [0.717, 1.165) is 57.3 Å². The molecule has 0 saturated carbocycles. The van der Waals surface area contributed by atoms with E-state index in [2.05, 4.69) is 68.5 Å². The number of aliphatic imine (C=N–C) groups is 1. The predicted molar refractivity (Wildman–Crippen MR) is 111 cm³/mol. The summed E-state index contributed by atoms with van der Waals surface area (Å²) in [6, 6.07) is 8.70. The highest BCUT2D eigenvalue weighted by Crippen LogP contribution is 2.33. The van der Waals surface area contributed by atoms with Crippen LogP contribution in [0.15, 0.2) is 35.6 Å². The van der Waals surface area contributed by atoms with Crippen LogP contribution in [0.3, 0.4) is 0 Å². The molecule has 2 heterocycles. The van der Waals surface area contributed by atoms with Gasteiger partial charge in [0.15, 0.2) is 5.96 Å². The zero-order valence-corrected chi connectivity index (χ0v) is 17.2. The Morgan fingerprint density at radius 2 is 2.11 bits per heavy atom. The largest absolute Gasteiger partial charge is 0.373 e. The SMILES string of the molecule is CCc1nncn1CCNC(=NC)NCC1CCCOC1c1ccc(C)cc1. The molecule has 0 aliphatic carbocycles. The van der Waals surface area contributed by atoms with Crippen molar-refractivity contribution in [1.82, 2.24) is 25.4 Å². The van der Waals surface area contributed by atoms with Gasteiger partial charge in [0.25, 0.3) is 0 Å². The number of ether oxygens (including phenoxy) is 1. The van der Waals surface area contributed by atoms with Crippen molar-refractivity contribution in [2.24, 2.45) is 10.9 Å². The van der Waals surface area contributed by atoms with Crippen LogP contribution in [0.1, 0.15) is 42.8 Å². The summed E-state index contributed by atoms with van der Waals surface area (Å²) in [7, 11) is 1.81. The number of aromatic nitrogens is 3. The number of aryl methyl sites for hydroxylation is 2. The third-order valence-corrected chi connectivity index (χ3v) is 5.26. The van der Waals surface area contributed by atoms with Gasteiger partial charge in [0.1, 0.15) is 12.2 Å². The maximum atomic E-state index is 6.12. The summed E-state index contributed by atoms with van der Waals surface area (Å²) < 4.78 is 8.19. The average molecular weight is 385 g/mol. The van der Waals surface area contributed by atoms with Crippen molar-refractivity contribution >= 4 is 5.96 Å². The highest BCUT2D eigenvalue weighted by molar-refractivity contribution is 5.79. The van der Waals surface area contributed by atoms with E-state index in [0.29, 0.717) is 5.92 Å². The van der Waals surface area contributed by atoms with Gasteiger partial charge in [0, 0.05) is 45.6 Å². The van der Waals surface area contributed by atoms with Crippen LogP contribution < -0.4 is 10.6 Å². The van der Waals surface area contributed by atoms with E-state index >= 15 is 0 Å². The number of nitrogens with zero attached hydrogens (tertiary/aromatic N) is 4. The van der Waals surface area contributed by atoms with Gasteiger partial charge in [-0.05, 0) is 25.3 Å². The Morgan fingerprint density at radius 1 is 1.29 bits per heavy atom. The Labute approximate surface area is 167 Å². The molecule has 0 radical (unpaired) electrons. The standard InChI is InChI=1S/C21H32N6O/c1-4-19-26-25-15-27(19)12-11-23-21(22-3)24-14-18-6-5-13-28-20(18)17-9-7-16(2)8-10-17/h7-10,15,18,20H,4-6,11-14H2,1-3H3,(H2,22,23,24). The second kappa shape index (κ2) is 10.2. The van der Waals surface area contributed by atoms with Gasteiger partial charge in [-0.25, -0.2) is 0 Å². The maximum absolute atomic E-state index is 6.12. The van der Waals surface area contributed by atoms with Gasteiger partial charge >= 0.3 is 0 Å². The van der Waals surface area contributed by atoms with E-state index in [1.54, 1.807) is 13.4 Å². The summed E-state index contributed by atoms with van der Waals surface area (Å²) in [5, 5.41) is 15.0. The fourth-order valence-electron chi connectivity index (χ4n) is 3.66. The summed E-state index contributed by atoms with van der Waals surface area (Å²) in [4.78, 5) is 4.36. The molecule has 0 amide bonds. The molecular weight excluding hydrogens is 352 g/mol. The Hall–Kier alpha value is -2.41. The second-order valence-corrected chi connectivity index (χ2v) is 7.28. The molecule has 1 aliphatic rings. The predicted octanol–water partition coefficient (Wildman–Crippen LogP) is 2.48. The first-order valence-electron chi connectivity index (χ1n) is 10.2. The Kier molecular flexibility index (Phi) is 7.42. The molecule has 7 heteroatoms. The molecule has 0 spiro atoms. The molecule has 2 aromatic rings. The molecular formula is C21H32N6O. The van der Waals surface area contributed by atoms with E-state index in [1.165, 1.54) is 11.1 Å². The third-order valence-electron chi connectivity index (χ3n) is 5.26. The Balaban J connectivity index is 1.50. The van der Waals surface area contributed by atoms with E-state index in [-0.39, 0.29) is 6.10 Å². The van der Waals surface area contributed by atoms with Gasteiger partial charge in [-0.1, -0.05) is 36.8 Å². The van der Waals surface area contributed by atoms with Crippen molar-refractivity contribution < 1.29 is 4.74 Å². The molecule has 0 bridgehead atoms. The van der Waals surface area contributed by atoms with Gasteiger partial charge < -0.3 is 19.9 Å². The molecule has 7 nitrogen and oxygen atoms in total. The van der Waals surface area contributed by atoms with Crippen LogP contribution in [0.5, 0.6) is 0 Å². The molecule has 28 heavy (non-hydrogen) atoms. The molecule has 152 valence electrons. The molecule has 1 aromatic heterocycles. The van der Waals surface area contributed by atoms with Gasteiger partial charge in [0.2, 0.25) is 0 Å². The number of hydrogen-bond donors (Lipinski definition) is 2. The lowest BCUT2D eigenvalue weighted by atomic mass is 9.89. The van der Waals surface area contributed by atoms with Crippen LogP contribution >= 0.6 is 0 Å². The quantitative estimate of drug-likeness (QED) is 0.567. The number of nitrogens with one attached hydrogen (secondary N) is 2. The maximum Gasteiger partial charge on any atom is 0.191 e. The normalized spacial score (nSPS) is 20.2. The Bertz CT molecular complexity index is 755. The van der Waals surface area contributed by atoms with E-state index in [9.17, 15) is 0 Å². The zero-order chi connectivity index (χ0) is 19.8. The summed E-state index contributed by atoms with van der Waals surface area (Å²) in [5.41, 5.74) is 2.54. The van der Waals surface area contributed by atoms with Crippen molar-refractivity contribution in [2.75, 3.05) is 26.7 Å². The van der Waals surface area contributed by atoms with Crippen molar-refractivity contribution in [3.63, 3.8) is 0 Å². The second-order valence-electron chi connectivity index (χ2n) is 7.28. The van der Waals surface area contributed by atoms with Gasteiger partial charge in [-0.3, -0.25) is 4.99 Å². The van der Waals surface area contributed by atoms with Gasteiger partial charge in [-0.2, -0.15) is 0 Å². The molecule has 1 aliphatic heterocycles. The molecule has 2 atom stereocenters. The highest BCUT2D eigenvalue weighted by atomic mass is 16.5. The van der Waals surface area contributed by atoms with Crippen LogP contribution in [0.25, 0.3) is 0 Å². The van der Waals surface area contributed by atoms with Crippen LogP contribution in [0.2, 0.25) is 0 Å². The van der Waals surface area contributed by atoms with Crippen molar-refractivity contribution in [2.45, 2.75) is 45.8 Å². The van der Waals surface area contributed by atoms with Gasteiger partial charge in [0.05, 0.1) is 6.10 Å². The number of rotatable bonds is 7. The van der Waals surface area contributed by atoms with Crippen molar-refractivity contribution in [3.8, 4) is 0 Å². The molecule has 3 rings (SSSR count). The summed E-state index contributed by atoms with van der Waals surface area (Å²) >= 11 is 0. The monoisotopic (exact) mass is 384 g/mol. The fraction of sp³-hybridized carbons (Fsp3) is 0.571. The summed E-state index contributed by atoms with van der Waals surface area (Å²) in [5.74, 6) is 2.25. The minimum atomic E-state index is 0.143. The molecule has 2 unspecified atom stereocenters. The minimum absolute atomic E-state index is 0.143.